The van der Waals surface area contributed by atoms with Gasteiger partial charge in [0.25, 0.3) is 0 Å². The lowest BCUT2D eigenvalue weighted by Gasteiger charge is -2.26. The fourth-order valence-corrected chi connectivity index (χ4v) is 8.44. The van der Waals surface area contributed by atoms with Crippen molar-refractivity contribution in [2.45, 2.75) is 0 Å². The van der Waals surface area contributed by atoms with E-state index in [0.717, 1.165) is 39.0 Å². The molecule has 10 rings (SSSR count). The second-order valence-electron chi connectivity index (χ2n) is 12.6. The molecule has 0 N–H and O–H groups in total. The Bertz CT molecular complexity index is 2810. The molecule has 0 unspecified atom stereocenters. The molecule has 0 fully saturated rings. The molecule has 0 bridgehead atoms. The van der Waals surface area contributed by atoms with Crippen molar-refractivity contribution < 1.29 is 4.42 Å². The predicted molar refractivity (Wildman–Crippen MR) is 210 cm³/mol. The molecule has 3 heteroatoms. The minimum atomic E-state index is 0.879. The van der Waals surface area contributed by atoms with Gasteiger partial charge in [0.15, 0.2) is 0 Å². The van der Waals surface area contributed by atoms with Crippen LogP contribution in [0.4, 0.5) is 17.1 Å². The van der Waals surface area contributed by atoms with Gasteiger partial charge >= 0.3 is 0 Å². The second-order valence-corrected chi connectivity index (χ2v) is 13.6. The van der Waals surface area contributed by atoms with Crippen LogP contribution in [-0.2, 0) is 0 Å². The molecule has 10 aromatic rings. The lowest BCUT2D eigenvalue weighted by atomic mass is 9.98. The normalized spacial score (nSPS) is 11.7. The smallest absolute Gasteiger partial charge is 0.137 e. The third-order valence-corrected chi connectivity index (χ3v) is 10.8. The molecular weight excluding hydrogens is 615 g/mol. The van der Waals surface area contributed by atoms with E-state index in [4.69, 9.17) is 4.42 Å². The molecule has 0 aliphatic carbocycles. The van der Waals surface area contributed by atoms with Gasteiger partial charge in [-0.05, 0) is 93.7 Å². The molecule has 2 nitrogen and oxygen atoms in total. The number of rotatable bonds is 5. The lowest BCUT2D eigenvalue weighted by Crippen LogP contribution is -2.09. The second kappa shape index (κ2) is 11.2. The third-order valence-electron chi connectivity index (χ3n) is 9.65. The molecule has 0 aliphatic heterocycles. The number of benzene rings is 8. The van der Waals surface area contributed by atoms with Gasteiger partial charge < -0.3 is 9.32 Å². The van der Waals surface area contributed by atoms with Gasteiger partial charge in [-0.15, -0.1) is 11.3 Å². The highest BCUT2D eigenvalue weighted by Gasteiger charge is 2.17. The summed E-state index contributed by atoms with van der Waals surface area (Å²) < 4.78 is 8.97. The summed E-state index contributed by atoms with van der Waals surface area (Å²) >= 11 is 1.87. The van der Waals surface area contributed by atoms with E-state index in [-0.39, 0.29) is 0 Å². The Hall–Kier alpha value is -6.16. The summed E-state index contributed by atoms with van der Waals surface area (Å²) in [6, 6.07) is 63.2. The molecule has 0 aliphatic rings. The Morgan fingerprint density at radius 2 is 1.02 bits per heavy atom. The van der Waals surface area contributed by atoms with Gasteiger partial charge in [0, 0.05) is 54.1 Å². The van der Waals surface area contributed by atoms with Crippen LogP contribution >= 0.6 is 11.3 Å². The summed E-state index contributed by atoms with van der Waals surface area (Å²) in [6.45, 7) is 0. The average Bonchev–Trinajstić information content (AvgIpc) is 3.72. The maximum absolute atomic E-state index is 6.34. The first-order valence-electron chi connectivity index (χ1n) is 16.6. The monoisotopic (exact) mass is 643 g/mol. The van der Waals surface area contributed by atoms with Gasteiger partial charge in [0.1, 0.15) is 11.2 Å². The van der Waals surface area contributed by atoms with Crippen LogP contribution in [0.15, 0.2) is 180 Å². The van der Waals surface area contributed by atoms with Gasteiger partial charge in [-0.25, -0.2) is 0 Å². The van der Waals surface area contributed by atoms with E-state index >= 15 is 0 Å². The first-order valence-corrected chi connectivity index (χ1v) is 17.4. The van der Waals surface area contributed by atoms with Gasteiger partial charge in [-0.1, -0.05) is 109 Å². The van der Waals surface area contributed by atoms with Crippen LogP contribution in [-0.4, -0.2) is 0 Å². The minimum absolute atomic E-state index is 0.879. The summed E-state index contributed by atoms with van der Waals surface area (Å²) in [4.78, 5) is 2.32. The van der Waals surface area contributed by atoms with Crippen LogP contribution in [0.5, 0.6) is 0 Å². The zero-order valence-electron chi connectivity index (χ0n) is 26.5. The predicted octanol–water partition coefficient (Wildman–Crippen LogP) is 13.9. The van der Waals surface area contributed by atoms with Gasteiger partial charge in [0.2, 0.25) is 0 Å². The largest absolute Gasteiger partial charge is 0.456 e. The van der Waals surface area contributed by atoms with Crippen molar-refractivity contribution in [2.75, 3.05) is 4.90 Å². The van der Waals surface area contributed by atoms with Gasteiger partial charge in [-0.3, -0.25) is 0 Å². The number of thiophene rings is 1. The van der Waals surface area contributed by atoms with Crippen LogP contribution in [0.1, 0.15) is 0 Å². The van der Waals surface area contributed by atoms with Gasteiger partial charge in [-0.2, -0.15) is 0 Å². The average molecular weight is 644 g/mol. The zero-order valence-corrected chi connectivity index (χ0v) is 27.3. The van der Waals surface area contributed by atoms with E-state index in [1.807, 2.05) is 23.5 Å². The third kappa shape index (κ3) is 4.70. The molecule has 49 heavy (non-hydrogen) atoms. The zero-order chi connectivity index (χ0) is 32.3. The van der Waals surface area contributed by atoms with Crippen molar-refractivity contribution in [3.05, 3.63) is 176 Å². The Morgan fingerprint density at radius 1 is 0.388 bits per heavy atom. The fraction of sp³-hybridized carbons (Fsp3) is 0. The molecule has 0 amide bonds. The van der Waals surface area contributed by atoms with E-state index in [2.05, 4.69) is 169 Å². The number of hydrogen-bond donors (Lipinski definition) is 0. The molecule has 0 radical (unpaired) electrons. The highest BCUT2D eigenvalue weighted by Crippen LogP contribution is 2.43. The molecule has 0 saturated heterocycles. The Kier molecular flexibility index (Phi) is 6.39. The molecule has 0 spiro atoms. The molecule has 8 aromatic carbocycles. The molecule has 0 saturated carbocycles. The number of anilines is 3. The molecule has 230 valence electrons. The van der Waals surface area contributed by atoms with E-state index < -0.39 is 0 Å². The number of fused-ring (bicyclic) bond motifs is 7. The topological polar surface area (TPSA) is 16.4 Å². The quantitative estimate of drug-likeness (QED) is 0.186. The molecule has 2 heterocycles. The van der Waals surface area contributed by atoms with E-state index in [9.17, 15) is 0 Å². The van der Waals surface area contributed by atoms with Crippen molar-refractivity contribution in [3.8, 4) is 22.3 Å². The SMILES string of the molecule is c1ccc(-c2ccc(N(c3ccc(-c4cccc5sc6cc7ccccc7cc6c45)cc3)c3ccc4c(c3)oc3ccccc34)cc2)cc1. The van der Waals surface area contributed by atoms with Crippen LogP contribution in [0.3, 0.4) is 0 Å². The summed E-state index contributed by atoms with van der Waals surface area (Å²) in [5, 5.41) is 7.45. The number of furan rings is 1. The number of hydrogen-bond acceptors (Lipinski definition) is 3. The molecule has 0 atom stereocenters. The fourth-order valence-electron chi connectivity index (χ4n) is 7.28. The van der Waals surface area contributed by atoms with Gasteiger partial charge in [0.05, 0.1) is 0 Å². The van der Waals surface area contributed by atoms with Crippen molar-refractivity contribution in [3.63, 3.8) is 0 Å². The van der Waals surface area contributed by atoms with E-state index in [1.54, 1.807) is 0 Å². The summed E-state index contributed by atoms with van der Waals surface area (Å²) in [5.41, 5.74) is 9.85. The highest BCUT2D eigenvalue weighted by molar-refractivity contribution is 7.26. The Labute approximate surface area is 287 Å². The van der Waals surface area contributed by atoms with Crippen LogP contribution < -0.4 is 4.90 Å². The number of nitrogens with zero attached hydrogens (tertiary/aromatic N) is 1. The Morgan fingerprint density at radius 3 is 1.82 bits per heavy atom. The van der Waals surface area contributed by atoms with Crippen molar-refractivity contribution in [2.24, 2.45) is 0 Å². The van der Waals surface area contributed by atoms with Crippen molar-refractivity contribution in [1.29, 1.82) is 0 Å². The number of para-hydroxylation sites is 1. The summed E-state index contributed by atoms with van der Waals surface area (Å²) in [5.74, 6) is 0. The van der Waals surface area contributed by atoms with Crippen LogP contribution in [0.25, 0.3) is 75.1 Å². The molecule has 2 aromatic heterocycles. The maximum Gasteiger partial charge on any atom is 0.137 e. The van der Waals surface area contributed by atoms with E-state index in [0.29, 0.717) is 0 Å². The Balaban J connectivity index is 1.10. The first kappa shape index (κ1) is 27.9. The van der Waals surface area contributed by atoms with Crippen molar-refractivity contribution in [1.82, 2.24) is 0 Å². The summed E-state index contributed by atoms with van der Waals surface area (Å²) in [6.07, 6.45) is 0. The first-order chi connectivity index (χ1) is 24.3. The van der Waals surface area contributed by atoms with E-state index in [1.165, 1.54) is 53.2 Å². The maximum atomic E-state index is 6.34. The molecular formula is C46H29NOS. The lowest BCUT2D eigenvalue weighted by molar-refractivity contribution is 0.669. The highest BCUT2D eigenvalue weighted by atomic mass is 32.1. The van der Waals surface area contributed by atoms with Crippen LogP contribution in [0.2, 0.25) is 0 Å². The summed E-state index contributed by atoms with van der Waals surface area (Å²) in [7, 11) is 0. The van der Waals surface area contributed by atoms with Crippen molar-refractivity contribution >= 4 is 81.3 Å². The minimum Gasteiger partial charge on any atom is -0.456 e. The van der Waals surface area contributed by atoms with Crippen LogP contribution in [0, 0.1) is 0 Å². The standard InChI is InChI=1S/C46H29NOS/c1-2-9-30(10-3-1)31-17-21-35(22-18-31)47(37-25-26-40-39-13-6-7-15-42(39)48-43(40)29-37)36-23-19-32(20-24-36)38-14-8-16-44-46(38)41-27-33-11-4-5-12-34(33)28-45(41)49-44/h1-29H.